The average molecular weight is 246 g/mol. The molecular weight excluding hydrogens is 224 g/mol. The van der Waals surface area contributed by atoms with E-state index in [0.717, 1.165) is 31.9 Å². The summed E-state index contributed by atoms with van der Waals surface area (Å²) in [7, 11) is 2.04. The summed E-state index contributed by atoms with van der Waals surface area (Å²) in [6, 6.07) is 4.30. The van der Waals surface area contributed by atoms with Gasteiger partial charge in [0.25, 0.3) is 0 Å². The largest absolute Gasteiger partial charge is 0.350 e. The van der Waals surface area contributed by atoms with Crippen molar-refractivity contribution in [1.82, 2.24) is 19.4 Å². The van der Waals surface area contributed by atoms with Crippen molar-refractivity contribution in [3.8, 4) is 0 Å². The molecule has 0 aliphatic heterocycles. The van der Waals surface area contributed by atoms with Crippen molar-refractivity contribution in [1.29, 1.82) is 0 Å². The molecular formula is C14H22N4. The van der Waals surface area contributed by atoms with Crippen LogP contribution in [0.2, 0.25) is 0 Å². The van der Waals surface area contributed by atoms with Crippen LogP contribution in [-0.4, -0.2) is 20.7 Å². The monoisotopic (exact) mass is 246 g/mol. The third kappa shape index (κ3) is 3.23. The van der Waals surface area contributed by atoms with Crippen LogP contribution in [0.1, 0.15) is 24.9 Å². The Morgan fingerprint density at radius 1 is 1.33 bits per heavy atom. The van der Waals surface area contributed by atoms with E-state index in [-0.39, 0.29) is 0 Å². The fraction of sp³-hybridized carbons (Fsp3) is 0.500. The van der Waals surface area contributed by atoms with Gasteiger partial charge < -0.3 is 14.5 Å². The van der Waals surface area contributed by atoms with Gasteiger partial charge in [0.1, 0.15) is 5.82 Å². The number of nitrogens with one attached hydrogen (secondary N) is 1. The number of aryl methyl sites for hydroxylation is 2. The molecule has 1 N–H and O–H groups in total. The van der Waals surface area contributed by atoms with Crippen molar-refractivity contribution in [2.45, 2.75) is 32.9 Å². The highest BCUT2D eigenvalue weighted by Crippen LogP contribution is 2.03. The van der Waals surface area contributed by atoms with Gasteiger partial charge in [0.15, 0.2) is 0 Å². The topological polar surface area (TPSA) is 34.8 Å². The molecule has 0 atom stereocenters. The van der Waals surface area contributed by atoms with E-state index in [1.165, 1.54) is 12.1 Å². The molecule has 0 fully saturated rings. The van der Waals surface area contributed by atoms with Gasteiger partial charge in [-0.2, -0.15) is 0 Å². The molecule has 2 aromatic rings. The molecule has 2 rings (SSSR count). The molecule has 0 spiro atoms. The van der Waals surface area contributed by atoms with E-state index in [1.807, 2.05) is 19.4 Å². The first-order valence-corrected chi connectivity index (χ1v) is 6.62. The Hall–Kier alpha value is -1.55. The van der Waals surface area contributed by atoms with E-state index in [0.29, 0.717) is 0 Å². The maximum atomic E-state index is 4.32. The Balaban J connectivity index is 1.75. The van der Waals surface area contributed by atoms with Crippen molar-refractivity contribution in [3.05, 3.63) is 42.2 Å². The SMILES string of the molecule is CCCn1cccc1CNCCc1nccn1C. The van der Waals surface area contributed by atoms with E-state index in [2.05, 4.69) is 44.7 Å². The van der Waals surface area contributed by atoms with Gasteiger partial charge in [-0.25, -0.2) is 4.98 Å². The molecule has 0 bridgehead atoms. The molecule has 4 heteroatoms. The number of hydrogen-bond donors (Lipinski definition) is 1. The van der Waals surface area contributed by atoms with Crippen LogP contribution in [0.15, 0.2) is 30.7 Å². The first-order chi connectivity index (χ1) is 8.81. The standard InChI is InChI=1S/C14H22N4/c1-3-9-18-10-4-5-13(18)12-15-7-6-14-16-8-11-17(14)2/h4-5,8,10-11,15H,3,6-7,9,12H2,1-2H3. The lowest BCUT2D eigenvalue weighted by Gasteiger charge is -2.09. The number of aromatic nitrogens is 3. The molecule has 0 aromatic carbocycles. The zero-order valence-corrected chi connectivity index (χ0v) is 11.3. The Morgan fingerprint density at radius 2 is 2.22 bits per heavy atom. The highest BCUT2D eigenvalue weighted by atomic mass is 15.0. The van der Waals surface area contributed by atoms with Gasteiger partial charge in [-0.05, 0) is 18.6 Å². The second-order valence-electron chi connectivity index (χ2n) is 4.57. The fourth-order valence-corrected chi connectivity index (χ4v) is 2.12. The van der Waals surface area contributed by atoms with E-state index in [1.54, 1.807) is 0 Å². The van der Waals surface area contributed by atoms with Gasteiger partial charge in [0, 0.05) is 57.4 Å². The molecule has 0 amide bonds. The van der Waals surface area contributed by atoms with E-state index in [9.17, 15) is 0 Å². The highest BCUT2D eigenvalue weighted by molar-refractivity contribution is 5.06. The molecule has 2 heterocycles. The lowest BCUT2D eigenvalue weighted by atomic mass is 10.3. The van der Waals surface area contributed by atoms with E-state index >= 15 is 0 Å². The zero-order valence-electron chi connectivity index (χ0n) is 11.3. The zero-order chi connectivity index (χ0) is 12.8. The summed E-state index contributed by atoms with van der Waals surface area (Å²) in [5.41, 5.74) is 1.36. The van der Waals surface area contributed by atoms with Gasteiger partial charge in [0.05, 0.1) is 0 Å². The molecule has 0 aliphatic carbocycles. The summed E-state index contributed by atoms with van der Waals surface area (Å²) >= 11 is 0. The van der Waals surface area contributed by atoms with Crippen LogP contribution in [0, 0.1) is 0 Å². The predicted octanol–water partition coefficient (Wildman–Crippen LogP) is 1.96. The van der Waals surface area contributed by atoms with Gasteiger partial charge >= 0.3 is 0 Å². The van der Waals surface area contributed by atoms with Gasteiger partial charge in [-0.1, -0.05) is 6.92 Å². The minimum atomic E-state index is 0.928. The third-order valence-corrected chi connectivity index (χ3v) is 3.14. The molecule has 2 aromatic heterocycles. The van der Waals surface area contributed by atoms with Crippen LogP contribution in [0.4, 0.5) is 0 Å². The van der Waals surface area contributed by atoms with Crippen LogP contribution < -0.4 is 5.32 Å². The van der Waals surface area contributed by atoms with Gasteiger partial charge in [-0.3, -0.25) is 0 Å². The summed E-state index contributed by atoms with van der Waals surface area (Å²) in [5.74, 6) is 1.13. The van der Waals surface area contributed by atoms with Crippen LogP contribution >= 0.6 is 0 Å². The van der Waals surface area contributed by atoms with Crippen LogP contribution in [-0.2, 0) is 26.6 Å². The molecule has 98 valence electrons. The van der Waals surface area contributed by atoms with Crippen molar-refractivity contribution in [2.24, 2.45) is 7.05 Å². The molecule has 0 unspecified atom stereocenters. The normalized spacial score (nSPS) is 11.0. The fourth-order valence-electron chi connectivity index (χ4n) is 2.12. The lowest BCUT2D eigenvalue weighted by molar-refractivity contribution is 0.594. The van der Waals surface area contributed by atoms with Crippen LogP contribution in [0.25, 0.3) is 0 Å². The molecule has 0 radical (unpaired) electrons. The minimum absolute atomic E-state index is 0.928. The minimum Gasteiger partial charge on any atom is -0.350 e. The van der Waals surface area contributed by atoms with Crippen molar-refractivity contribution in [2.75, 3.05) is 6.54 Å². The summed E-state index contributed by atoms with van der Waals surface area (Å²) in [6.45, 7) is 5.20. The number of imidazole rings is 1. The molecule has 0 aliphatic rings. The van der Waals surface area contributed by atoms with Crippen LogP contribution in [0.3, 0.4) is 0 Å². The Labute approximate surface area is 109 Å². The number of nitrogens with zero attached hydrogens (tertiary/aromatic N) is 3. The number of hydrogen-bond acceptors (Lipinski definition) is 2. The van der Waals surface area contributed by atoms with Crippen molar-refractivity contribution < 1.29 is 0 Å². The Morgan fingerprint density at radius 3 is 2.94 bits per heavy atom. The number of rotatable bonds is 7. The average Bonchev–Trinajstić information content (AvgIpc) is 2.95. The smallest absolute Gasteiger partial charge is 0.109 e. The van der Waals surface area contributed by atoms with E-state index < -0.39 is 0 Å². The third-order valence-electron chi connectivity index (χ3n) is 3.14. The summed E-state index contributed by atoms with van der Waals surface area (Å²) in [5, 5.41) is 3.48. The predicted molar refractivity (Wildman–Crippen MR) is 73.3 cm³/mol. The first-order valence-electron chi connectivity index (χ1n) is 6.62. The summed E-state index contributed by atoms with van der Waals surface area (Å²) in [6.07, 6.45) is 8.13. The Bertz CT molecular complexity index is 470. The molecule has 0 saturated carbocycles. The van der Waals surface area contributed by atoms with E-state index in [4.69, 9.17) is 0 Å². The molecule has 18 heavy (non-hydrogen) atoms. The summed E-state index contributed by atoms with van der Waals surface area (Å²) < 4.78 is 4.38. The first kappa shape index (κ1) is 12.9. The van der Waals surface area contributed by atoms with Crippen LogP contribution in [0.5, 0.6) is 0 Å². The maximum Gasteiger partial charge on any atom is 0.109 e. The summed E-state index contributed by atoms with van der Waals surface area (Å²) in [4.78, 5) is 4.32. The Kier molecular flexibility index (Phi) is 4.59. The quantitative estimate of drug-likeness (QED) is 0.758. The molecule has 0 saturated heterocycles. The van der Waals surface area contributed by atoms with Crippen molar-refractivity contribution in [3.63, 3.8) is 0 Å². The van der Waals surface area contributed by atoms with Crippen molar-refractivity contribution >= 4 is 0 Å². The van der Waals surface area contributed by atoms with Gasteiger partial charge in [0.2, 0.25) is 0 Å². The van der Waals surface area contributed by atoms with Gasteiger partial charge in [-0.15, -0.1) is 0 Å². The second kappa shape index (κ2) is 6.40. The lowest BCUT2D eigenvalue weighted by Crippen LogP contribution is -2.20. The second-order valence-corrected chi connectivity index (χ2v) is 4.57. The molecule has 4 nitrogen and oxygen atoms in total. The highest BCUT2D eigenvalue weighted by Gasteiger charge is 2.01. The maximum absolute atomic E-state index is 4.32.